The molecule has 0 spiro atoms. The van der Waals surface area contributed by atoms with Gasteiger partial charge in [-0.3, -0.25) is 4.79 Å². The molecule has 3 N–H and O–H groups in total. The maximum Gasteiger partial charge on any atom is 0.277 e. The van der Waals surface area contributed by atoms with Crippen LogP contribution >= 0.6 is 11.6 Å². The largest absolute Gasteiger partial charge is 0.508 e. The highest BCUT2D eigenvalue weighted by atomic mass is 35.5. The number of hydrogen-bond donors (Lipinski definition) is 3. The molecule has 2 rings (SSSR count). The molecule has 0 aromatic heterocycles. The Balaban J connectivity index is 1.90. The highest BCUT2D eigenvalue weighted by Crippen LogP contribution is 2.25. The van der Waals surface area contributed by atoms with Crippen LogP contribution in [0.3, 0.4) is 0 Å². The maximum atomic E-state index is 11.7. The monoisotopic (exact) mass is 348 g/mol. The van der Waals surface area contributed by atoms with Crippen molar-refractivity contribution in [1.82, 2.24) is 5.43 Å². The van der Waals surface area contributed by atoms with Crippen LogP contribution in [0.2, 0.25) is 5.02 Å². The van der Waals surface area contributed by atoms with E-state index < -0.39 is 5.91 Å². The highest BCUT2D eigenvalue weighted by molar-refractivity contribution is 6.31. The van der Waals surface area contributed by atoms with E-state index in [1.807, 2.05) is 6.92 Å². The van der Waals surface area contributed by atoms with Gasteiger partial charge in [0.05, 0.1) is 6.21 Å². The van der Waals surface area contributed by atoms with Crippen LogP contribution in [0.4, 0.5) is 0 Å². The summed E-state index contributed by atoms with van der Waals surface area (Å²) >= 11 is 5.92. The number of phenolic OH excluding ortho intramolecular Hbond substituents is 2. The predicted molar refractivity (Wildman–Crippen MR) is 91.9 cm³/mol. The van der Waals surface area contributed by atoms with Crippen molar-refractivity contribution in [1.29, 1.82) is 0 Å². The molecule has 0 saturated carbocycles. The molecule has 7 heteroatoms. The van der Waals surface area contributed by atoms with E-state index in [-0.39, 0.29) is 18.1 Å². The van der Waals surface area contributed by atoms with Crippen molar-refractivity contribution >= 4 is 23.7 Å². The van der Waals surface area contributed by atoms with Crippen LogP contribution in [0.25, 0.3) is 0 Å². The molecule has 0 saturated heterocycles. The lowest BCUT2D eigenvalue weighted by molar-refractivity contribution is -0.123. The van der Waals surface area contributed by atoms with Gasteiger partial charge in [-0.2, -0.15) is 5.10 Å². The zero-order chi connectivity index (χ0) is 17.7. The lowest BCUT2D eigenvalue weighted by Crippen LogP contribution is -2.24. The Bertz CT molecular complexity index is 767. The molecule has 1 amide bonds. The minimum absolute atomic E-state index is 0.0437. The summed E-state index contributed by atoms with van der Waals surface area (Å²) in [5, 5.41) is 23.5. The van der Waals surface area contributed by atoms with Gasteiger partial charge >= 0.3 is 0 Å². The van der Waals surface area contributed by atoms with Crippen molar-refractivity contribution in [3.8, 4) is 17.2 Å². The second kappa shape index (κ2) is 7.70. The molecule has 2 aromatic carbocycles. The van der Waals surface area contributed by atoms with Crippen LogP contribution in [-0.4, -0.2) is 28.9 Å². The molecule has 0 aliphatic rings. The smallest absolute Gasteiger partial charge is 0.277 e. The molecular formula is C17H17ClN2O4. The van der Waals surface area contributed by atoms with Gasteiger partial charge in [0, 0.05) is 16.7 Å². The normalized spacial score (nSPS) is 10.8. The molecule has 6 nitrogen and oxygen atoms in total. The fraction of sp³-hybridized carbons (Fsp3) is 0.176. The number of amides is 1. The minimum atomic E-state index is -0.449. The number of aromatic hydroxyl groups is 2. The van der Waals surface area contributed by atoms with E-state index in [9.17, 15) is 15.0 Å². The summed E-state index contributed by atoms with van der Waals surface area (Å²) in [6, 6.07) is 7.77. The molecule has 0 atom stereocenters. The fourth-order valence-electron chi connectivity index (χ4n) is 1.99. The number of carbonyl (C=O) groups excluding carboxylic acids is 1. The first-order chi connectivity index (χ1) is 11.4. The molecule has 0 aliphatic carbocycles. The number of nitrogens with one attached hydrogen (secondary N) is 1. The summed E-state index contributed by atoms with van der Waals surface area (Å²) in [6.07, 6.45) is 1.30. The summed E-state index contributed by atoms with van der Waals surface area (Å²) < 4.78 is 5.34. The standard InChI is InChI=1S/C17H17ClN2O4/c1-10-5-12(21)7-16(22)14(10)8-19-20-17(23)9-24-13-3-4-15(18)11(2)6-13/h3-8,21-22H,9H2,1-2H3,(H,20,23)/b19-8-. The number of carbonyl (C=O) groups is 1. The maximum absolute atomic E-state index is 11.7. The second-order valence-electron chi connectivity index (χ2n) is 5.19. The number of halogens is 1. The van der Waals surface area contributed by atoms with Gasteiger partial charge in [-0.1, -0.05) is 11.6 Å². The number of nitrogens with zero attached hydrogens (tertiary/aromatic N) is 1. The molecule has 0 fully saturated rings. The number of rotatable bonds is 5. The van der Waals surface area contributed by atoms with Crippen molar-refractivity contribution < 1.29 is 19.7 Å². The van der Waals surface area contributed by atoms with Gasteiger partial charge in [-0.15, -0.1) is 0 Å². The van der Waals surface area contributed by atoms with Crippen molar-refractivity contribution in [3.05, 3.63) is 52.0 Å². The van der Waals surface area contributed by atoms with Gasteiger partial charge < -0.3 is 14.9 Å². The zero-order valence-electron chi connectivity index (χ0n) is 13.2. The molecule has 0 aliphatic heterocycles. The van der Waals surface area contributed by atoms with Crippen molar-refractivity contribution in [2.75, 3.05) is 6.61 Å². The summed E-state index contributed by atoms with van der Waals surface area (Å²) in [7, 11) is 0. The van der Waals surface area contributed by atoms with Gasteiger partial charge in [0.25, 0.3) is 5.91 Å². The van der Waals surface area contributed by atoms with Gasteiger partial charge in [0.15, 0.2) is 6.61 Å². The quantitative estimate of drug-likeness (QED) is 0.572. The molecular weight excluding hydrogens is 332 g/mol. The number of ether oxygens (including phenoxy) is 1. The van der Waals surface area contributed by atoms with E-state index in [1.54, 1.807) is 25.1 Å². The number of hydrogen-bond acceptors (Lipinski definition) is 5. The Morgan fingerprint density at radius 3 is 2.67 bits per heavy atom. The van der Waals surface area contributed by atoms with Crippen molar-refractivity contribution in [2.45, 2.75) is 13.8 Å². The SMILES string of the molecule is Cc1cc(OCC(=O)N/N=C\c2c(C)cc(O)cc2O)ccc1Cl. The summed E-state index contributed by atoms with van der Waals surface area (Å²) in [5.74, 6) is -0.0888. The Morgan fingerprint density at radius 1 is 1.25 bits per heavy atom. The minimum Gasteiger partial charge on any atom is -0.508 e. The van der Waals surface area contributed by atoms with Crippen LogP contribution < -0.4 is 10.2 Å². The zero-order valence-corrected chi connectivity index (χ0v) is 14.0. The predicted octanol–water partition coefficient (Wildman–Crippen LogP) is 2.90. The number of phenols is 2. The van der Waals surface area contributed by atoms with Gasteiger partial charge in [0.1, 0.15) is 17.2 Å². The lowest BCUT2D eigenvalue weighted by atomic mass is 10.1. The van der Waals surface area contributed by atoms with E-state index in [4.69, 9.17) is 16.3 Å². The number of aryl methyl sites for hydroxylation is 2. The topological polar surface area (TPSA) is 91.2 Å². The first-order valence-corrected chi connectivity index (χ1v) is 7.48. The van der Waals surface area contributed by atoms with Gasteiger partial charge in [-0.05, 0) is 49.2 Å². The number of hydrazone groups is 1. The van der Waals surface area contributed by atoms with Gasteiger partial charge in [-0.25, -0.2) is 5.43 Å². The van der Waals surface area contributed by atoms with E-state index in [0.717, 1.165) is 5.56 Å². The Kier molecular flexibility index (Phi) is 5.65. The fourth-order valence-corrected chi connectivity index (χ4v) is 2.10. The molecule has 24 heavy (non-hydrogen) atoms. The average Bonchev–Trinajstić information content (AvgIpc) is 2.51. The third-order valence-corrected chi connectivity index (χ3v) is 3.66. The molecule has 0 heterocycles. The highest BCUT2D eigenvalue weighted by Gasteiger charge is 2.06. The summed E-state index contributed by atoms with van der Waals surface area (Å²) in [5.41, 5.74) is 4.18. The van der Waals surface area contributed by atoms with E-state index in [1.165, 1.54) is 18.3 Å². The first-order valence-electron chi connectivity index (χ1n) is 7.10. The summed E-state index contributed by atoms with van der Waals surface area (Å²) in [4.78, 5) is 11.7. The van der Waals surface area contributed by atoms with Crippen molar-refractivity contribution in [3.63, 3.8) is 0 Å². The molecule has 0 unspecified atom stereocenters. The second-order valence-corrected chi connectivity index (χ2v) is 5.60. The van der Waals surface area contributed by atoms with Crippen LogP contribution in [0.5, 0.6) is 17.2 Å². The molecule has 126 valence electrons. The van der Waals surface area contributed by atoms with Crippen molar-refractivity contribution in [2.24, 2.45) is 5.10 Å². The van der Waals surface area contributed by atoms with E-state index >= 15 is 0 Å². The number of benzene rings is 2. The third-order valence-electron chi connectivity index (χ3n) is 3.23. The molecule has 2 aromatic rings. The lowest BCUT2D eigenvalue weighted by Gasteiger charge is -2.07. The molecule has 0 radical (unpaired) electrons. The average molecular weight is 349 g/mol. The van der Waals surface area contributed by atoms with Crippen LogP contribution in [0, 0.1) is 13.8 Å². The summed E-state index contributed by atoms with van der Waals surface area (Å²) in [6.45, 7) is 3.33. The van der Waals surface area contributed by atoms with Crippen LogP contribution in [-0.2, 0) is 4.79 Å². The molecule has 0 bridgehead atoms. The van der Waals surface area contributed by atoms with E-state index in [2.05, 4.69) is 10.5 Å². The Labute approximate surface area is 144 Å². The Morgan fingerprint density at radius 2 is 2.00 bits per heavy atom. The van der Waals surface area contributed by atoms with Crippen LogP contribution in [0.1, 0.15) is 16.7 Å². The van der Waals surface area contributed by atoms with E-state index in [0.29, 0.717) is 21.9 Å². The Hall–Kier alpha value is -2.73. The van der Waals surface area contributed by atoms with Crippen LogP contribution in [0.15, 0.2) is 35.4 Å². The van der Waals surface area contributed by atoms with Gasteiger partial charge in [0.2, 0.25) is 0 Å². The first kappa shape index (κ1) is 17.6. The third kappa shape index (κ3) is 4.63.